The topological polar surface area (TPSA) is 25.2 Å². The zero-order valence-corrected chi connectivity index (χ0v) is 18.2. The minimum absolute atomic E-state index is 0.152. The van der Waals surface area contributed by atoms with Gasteiger partial charge in [0.15, 0.2) is 0 Å². The summed E-state index contributed by atoms with van der Waals surface area (Å²) in [6.45, 7) is 0.152. The largest absolute Gasteiger partial charge is 0.416 e. The number of hydrogen-bond acceptors (Lipinski definition) is 4. The van der Waals surface area contributed by atoms with Gasteiger partial charge in [-0.05, 0) is 52.0 Å². The number of hydrogen-bond donors (Lipinski definition) is 0. The van der Waals surface area contributed by atoms with E-state index in [1.807, 2.05) is 17.6 Å². The van der Waals surface area contributed by atoms with Crippen LogP contribution in [0.4, 0.5) is 13.2 Å². The molecule has 4 aliphatic rings. The Morgan fingerprint density at radius 3 is 2.50 bits per heavy atom. The molecule has 2 aliphatic carbocycles. The van der Waals surface area contributed by atoms with E-state index in [0.717, 1.165) is 21.0 Å². The van der Waals surface area contributed by atoms with Gasteiger partial charge in [0, 0.05) is 21.8 Å². The maximum Gasteiger partial charge on any atom is 0.416 e. The molecule has 0 fully saturated rings. The molecule has 30 heavy (non-hydrogen) atoms. The molecule has 0 saturated heterocycles. The molecule has 0 radical (unpaired) electrons. The Bertz CT molecular complexity index is 1180. The summed E-state index contributed by atoms with van der Waals surface area (Å²) in [5.74, 6) is 0. The third-order valence-corrected chi connectivity index (χ3v) is 7.58. The maximum atomic E-state index is 13.7. The van der Waals surface area contributed by atoms with E-state index in [1.165, 1.54) is 35.7 Å². The summed E-state index contributed by atoms with van der Waals surface area (Å²) in [5.41, 5.74) is 3.20. The fraction of sp³-hybridized carbons (Fsp3) is 0.143. The van der Waals surface area contributed by atoms with Crippen molar-refractivity contribution in [1.29, 1.82) is 0 Å². The van der Waals surface area contributed by atoms with E-state index in [2.05, 4.69) is 9.98 Å². The molecule has 3 heterocycles. The molecule has 0 saturated carbocycles. The van der Waals surface area contributed by atoms with Gasteiger partial charge in [-0.25, -0.2) is 4.98 Å². The van der Waals surface area contributed by atoms with Crippen molar-refractivity contribution < 1.29 is 13.2 Å². The molecule has 2 nitrogen and oxygen atoms in total. The van der Waals surface area contributed by atoms with Crippen molar-refractivity contribution in [2.75, 3.05) is 6.54 Å². The molecule has 1 aromatic heterocycles. The summed E-state index contributed by atoms with van der Waals surface area (Å²) in [7, 11) is 0. The van der Waals surface area contributed by atoms with Crippen LogP contribution >= 0.6 is 46.7 Å². The van der Waals surface area contributed by atoms with Gasteiger partial charge in [-0.1, -0.05) is 58.9 Å². The lowest BCUT2D eigenvalue weighted by atomic mass is 10.1. The van der Waals surface area contributed by atoms with Crippen LogP contribution in [-0.2, 0) is 0 Å². The second-order valence-corrected chi connectivity index (χ2v) is 9.55. The molecule has 2 aliphatic heterocycles. The minimum atomic E-state index is -4.44. The number of halogens is 5. The van der Waals surface area contributed by atoms with Gasteiger partial charge in [-0.15, -0.1) is 0 Å². The number of alkyl halides is 3. The predicted molar refractivity (Wildman–Crippen MR) is 119 cm³/mol. The first kappa shape index (κ1) is 20.2. The van der Waals surface area contributed by atoms with E-state index < -0.39 is 11.7 Å². The second-order valence-electron chi connectivity index (χ2n) is 6.86. The smallest absolute Gasteiger partial charge is 0.273 e. The highest BCUT2D eigenvalue weighted by Crippen LogP contribution is 2.52. The van der Waals surface area contributed by atoms with Gasteiger partial charge in [0.05, 0.1) is 12.1 Å². The van der Waals surface area contributed by atoms with E-state index in [1.54, 1.807) is 12.1 Å². The van der Waals surface area contributed by atoms with Crippen molar-refractivity contribution in [3.63, 3.8) is 0 Å². The summed E-state index contributed by atoms with van der Waals surface area (Å²) in [6.07, 6.45) is 2.54. The molecule has 0 aromatic carbocycles. The normalized spacial score (nSPS) is 20.7. The van der Waals surface area contributed by atoms with Crippen LogP contribution in [0.3, 0.4) is 0 Å². The van der Waals surface area contributed by atoms with Gasteiger partial charge in [-0.2, -0.15) is 13.2 Å². The lowest BCUT2D eigenvalue weighted by Crippen LogP contribution is -2.12. The van der Waals surface area contributed by atoms with Crippen LogP contribution in [0.25, 0.3) is 0 Å². The highest BCUT2D eigenvalue weighted by atomic mass is 35.5. The van der Waals surface area contributed by atoms with Gasteiger partial charge in [-0.3, -0.25) is 4.99 Å². The monoisotopic (exact) mass is 482 g/mol. The van der Waals surface area contributed by atoms with Crippen LogP contribution in [0, 0.1) is 0 Å². The Labute approximate surface area is 189 Å². The zero-order chi connectivity index (χ0) is 21.0. The number of aliphatic imine (C=N–C) groups is 1. The van der Waals surface area contributed by atoms with Gasteiger partial charge in [0.25, 0.3) is 0 Å². The summed E-state index contributed by atoms with van der Waals surface area (Å²) in [4.78, 5) is 10.2. The highest BCUT2D eigenvalue weighted by molar-refractivity contribution is 8.18. The fourth-order valence-electron chi connectivity index (χ4n) is 3.64. The molecule has 0 atom stereocenters. The summed E-state index contributed by atoms with van der Waals surface area (Å²) < 4.78 is 41.2. The molecule has 0 spiro atoms. The van der Waals surface area contributed by atoms with E-state index in [-0.39, 0.29) is 16.9 Å². The Balaban J connectivity index is 1.67. The maximum absolute atomic E-state index is 13.7. The van der Waals surface area contributed by atoms with E-state index >= 15 is 0 Å². The zero-order valence-electron chi connectivity index (χ0n) is 15.1. The molecule has 1 aromatic rings. The second kappa shape index (κ2) is 7.48. The first-order valence-electron chi connectivity index (χ1n) is 8.86. The summed E-state index contributed by atoms with van der Waals surface area (Å²) in [5, 5.41) is 3.03. The SMILES string of the molecule is FC(F)(F)C1=CC2=C3SC=CC=C3CC2=C2SC(c3cc(Cl)nc(Cl)c3)=NCC2=C1. The van der Waals surface area contributed by atoms with Gasteiger partial charge < -0.3 is 0 Å². The Hall–Kier alpha value is -1.67. The van der Waals surface area contributed by atoms with Crippen LogP contribution < -0.4 is 0 Å². The Morgan fingerprint density at radius 2 is 1.77 bits per heavy atom. The molecular weight excluding hydrogens is 472 g/mol. The fourth-order valence-corrected chi connectivity index (χ4v) is 6.12. The summed E-state index contributed by atoms with van der Waals surface area (Å²) >= 11 is 14.9. The van der Waals surface area contributed by atoms with Crippen LogP contribution in [0.15, 0.2) is 84.5 Å². The molecule has 9 heteroatoms. The van der Waals surface area contributed by atoms with Crippen molar-refractivity contribution >= 4 is 51.8 Å². The van der Waals surface area contributed by atoms with Crippen molar-refractivity contribution in [3.8, 4) is 0 Å². The quantitative estimate of drug-likeness (QED) is 0.389. The Morgan fingerprint density at radius 1 is 1.00 bits per heavy atom. The average molecular weight is 483 g/mol. The minimum Gasteiger partial charge on any atom is -0.273 e. The lowest BCUT2D eigenvalue weighted by molar-refractivity contribution is -0.0882. The van der Waals surface area contributed by atoms with Crippen LogP contribution in [0.2, 0.25) is 10.3 Å². The van der Waals surface area contributed by atoms with Gasteiger partial charge >= 0.3 is 6.18 Å². The summed E-state index contributed by atoms with van der Waals surface area (Å²) in [6, 6.07) is 3.32. The van der Waals surface area contributed by atoms with Crippen molar-refractivity contribution in [2.24, 2.45) is 4.99 Å². The first-order valence-corrected chi connectivity index (χ1v) is 11.3. The number of rotatable bonds is 1. The number of allylic oxidation sites excluding steroid dienone is 8. The lowest BCUT2D eigenvalue weighted by Gasteiger charge is -2.20. The number of aromatic nitrogens is 1. The number of thioether (sulfide) groups is 2. The van der Waals surface area contributed by atoms with Crippen LogP contribution in [0.5, 0.6) is 0 Å². The van der Waals surface area contributed by atoms with Gasteiger partial charge in [0.2, 0.25) is 0 Å². The van der Waals surface area contributed by atoms with E-state index in [4.69, 9.17) is 23.2 Å². The molecule has 0 bridgehead atoms. The Kier molecular flexibility index (Phi) is 5.05. The number of pyridine rings is 1. The van der Waals surface area contributed by atoms with E-state index in [9.17, 15) is 13.2 Å². The third-order valence-electron chi connectivity index (χ3n) is 4.91. The van der Waals surface area contributed by atoms with Crippen LogP contribution in [-0.4, -0.2) is 22.7 Å². The average Bonchev–Trinajstić information content (AvgIpc) is 2.96. The molecule has 5 rings (SSSR count). The molecular formula is C21H11Cl2F3N2S2. The third kappa shape index (κ3) is 3.62. The molecule has 0 unspecified atom stereocenters. The molecule has 152 valence electrons. The van der Waals surface area contributed by atoms with Gasteiger partial charge in [0.1, 0.15) is 15.3 Å². The molecule has 0 N–H and O–H groups in total. The highest BCUT2D eigenvalue weighted by Gasteiger charge is 2.38. The van der Waals surface area contributed by atoms with E-state index in [0.29, 0.717) is 28.2 Å². The number of nitrogens with zero attached hydrogens (tertiary/aromatic N) is 2. The van der Waals surface area contributed by atoms with Crippen molar-refractivity contribution in [3.05, 3.63) is 95.4 Å². The first-order chi connectivity index (χ1) is 14.3. The van der Waals surface area contributed by atoms with Crippen molar-refractivity contribution in [2.45, 2.75) is 12.6 Å². The predicted octanol–water partition coefficient (Wildman–Crippen LogP) is 7.41. The molecule has 0 amide bonds. The van der Waals surface area contributed by atoms with Crippen LogP contribution in [0.1, 0.15) is 12.0 Å². The standard InChI is InChI=1S/C21H11Cl2F3N2S2/c22-16-6-11(7-17(23)28-16)20-27-9-12-4-13(21(24,25)26)8-15-14(19(12)30-20)5-10-2-1-3-29-18(10)15/h1-4,6-8H,5,9H2. The van der Waals surface area contributed by atoms with Crippen molar-refractivity contribution in [1.82, 2.24) is 4.98 Å². The number of fused-ring (bicyclic) bond motifs is 3.